The molecule has 0 atom stereocenters. The van der Waals surface area contributed by atoms with Crippen LogP contribution >= 0.6 is 0 Å². The molecule has 0 amide bonds. The lowest BCUT2D eigenvalue weighted by molar-refractivity contribution is -0.0820. The minimum Gasteiger partial charge on any atom is -0.304 e. The summed E-state index contributed by atoms with van der Waals surface area (Å²) < 4.78 is 0. The molecule has 0 aliphatic carbocycles. The highest BCUT2D eigenvalue weighted by Crippen LogP contribution is 2.10. The maximum Gasteiger partial charge on any atom is 0.0261 e. The van der Waals surface area contributed by atoms with Gasteiger partial charge in [0.2, 0.25) is 0 Å². The largest absolute Gasteiger partial charge is 0.304 e. The van der Waals surface area contributed by atoms with E-state index in [0.29, 0.717) is 6.04 Å². The average molecular weight is 226 g/mol. The van der Waals surface area contributed by atoms with E-state index in [1.807, 2.05) is 0 Å². The van der Waals surface area contributed by atoms with Gasteiger partial charge in [-0.1, -0.05) is 0 Å². The molecule has 0 bridgehead atoms. The van der Waals surface area contributed by atoms with E-state index in [2.05, 4.69) is 40.7 Å². The molecule has 4 heteroatoms. The molecule has 0 saturated carbocycles. The summed E-state index contributed by atoms with van der Waals surface area (Å²) in [4.78, 5) is 4.99. The van der Waals surface area contributed by atoms with E-state index in [1.54, 1.807) is 0 Å². The third-order valence-electron chi connectivity index (χ3n) is 3.90. The molecule has 0 aromatic carbocycles. The number of rotatable bonds is 2. The Morgan fingerprint density at radius 1 is 0.688 bits per heavy atom. The summed E-state index contributed by atoms with van der Waals surface area (Å²) in [5, 5.41) is 5.11. The Balaban J connectivity index is 1.76. The van der Waals surface area contributed by atoms with Gasteiger partial charge in [-0.2, -0.15) is 0 Å². The minimum atomic E-state index is 0.703. The first kappa shape index (κ1) is 12.3. The number of hydrogen-bond acceptors (Lipinski definition) is 4. The lowest BCUT2D eigenvalue weighted by Gasteiger charge is -2.45. The number of piperazine rings is 2. The average Bonchev–Trinajstić information content (AvgIpc) is 2.30. The van der Waals surface area contributed by atoms with Crippen LogP contribution in [0.4, 0.5) is 0 Å². The fourth-order valence-electron chi connectivity index (χ4n) is 2.59. The molecule has 2 heterocycles. The van der Waals surface area contributed by atoms with Gasteiger partial charge >= 0.3 is 0 Å². The fourth-order valence-corrected chi connectivity index (χ4v) is 2.59. The maximum absolute atomic E-state index is 2.58. The first-order chi connectivity index (χ1) is 7.66. The summed E-state index contributed by atoms with van der Waals surface area (Å²) in [5.41, 5.74) is 0. The second-order valence-electron chi connectivity index (χ2n) is 5.34. The van der Waals surface area contributed by atoms with Crippen LogP contribution in [0.25, 0.3) is 0 Å². The third-order valence-corrected chi connectivity index (χ3v) is 3.90. The van der Waals surface area contributed by atoms with Crippen LogP contribution in [0, 0.1) is 0 Å². The van der Waals surface area contributed by atoms with Crippen molar-refractivity contribution >= 4 is 0 Å². The molecule has 2 aliphatic rings. The molecule has 0 spiro atoms. The van der Waals surface area contributed by atoms with Crippen molar-refractivity contribution in [3.05, 3.63) is 0 Å². The van der Waals surface area contributed by atoms with Crippen LogP contribution in [0.2, 0.25) is 0 Å². The quantitative estimate of drug-likeness (QED) is 0.666. The van der Waals surface area contributed by atoms with Crippen molar-refractivity contribution in [2.75, 3.05) is 59.4 Å². The zero-order valence-corrected chi connectivity index (χ0v) is 11.0. The van der Waals surface area contributed by atoms with Gasteiger partial charge in [0.05, 0.1) is 0 Å². The Bertz CT molecular complexity index is 203. The first-order valence-corrected chi connectivity index (χ1v) is 6.59. The van der Waals surface area contributed by atoms with Gasteiger partial charge in [-0.3, -0.25) is 4.90 Å². The van der Waals surface area contributed by atoms with E-state index >= 15 is 0 Å². The molecular weight excluding hydrogens is 200 g/mol. The second-order valence-corrected chi connectivity index (χ2v) is 5.34. The van der Waals surface area contributed by atoms with Gasteiger partial charge < -0.3 is 4.90 Å². The van der Waals surface area contributed by atoms with Gasteiger partial charge in [0.15, 0.2) is 0 Å². The van der Waals surface area contributed by atoms with Crippen LogP contribution in [0.1, 0.15) is 13.8 Å². The zero-order valence-electron chi connectivity index (χ0n) is 11.0. The maximum atomic E-state index is 2.58. The van der Waals surface area contributed by atoms with E-state index in [-0.39, 0.29) is 0 Å². The molecule has 2 fully saturated rings. The molecule has 0 aromatic rings. The lowest BCUT2D eigenvalue weighted by atomic mass is 10.2. The third kappa shape index (κ3) is 2.94. The Morgan fingerprint density at radius 2 is 1.12 bits per heavy atom. The molecule has 4 nitrogen and oxygen atoms in total. The molecule has 2 saturated heterocycles. The molecule has 0 unspecified atom stereocenters. The summed E-state index contributed by atoms with van der Waals surface area (Å²) in [6, 6.07) is 0.703. The fraction of sp³-hybridized carbons (Fsp3) is 1.00. The van der Waals surface area contributed by atoms with Gasteiger partial charge in [0.25, 0.3) is 0 Å². The molecule has 0 radical (unpaired) electrons. The van der Waals surface area contributed by atoms with Crippen molar-refractivity contribution in [1.82, 2.24) is 19.8 Å². The van der Waals surface area contributed by atoms with Gasteiger partial charge in [-0.05, 0) is 20.9 Å². The summed E-state index contributed by atoms with van der Waals surface area (Å²) >= 11 is 0. The number of likely N-dealkylation sites (N-methyl/N-ethyl adjacent to an activating group) is 1. The van der Waals surface area contributed by atoms with Crippen LogP contribution in [0.3, 0.4) is 0 Å². The van der Waals surface area contributed by atoms with Crippen molar-refractivity contribution < 1.29 is 0 Å². The van der Waals surface area contributed by atoms with Crippen LogP contribution in [-0.4, -0.2) is 85.3 Å². The van der Waals surface area contributed by atoms with Gasteiger partial charge in [0, 0.05) is 58.4 Å². The van der Waals surface area contributed by atoms with Crippen molar-refractivity contribution in [2.45, 2.75) is 19.9 Å². The van der Waals surface area contributed by atoms with E-state index in [0.717, 1.165) is 0 Å². The summed E-state index contributed by atoms with van der Waals surface area (Å²) in [7, 11) is 2.22. The van der Waals surface area contributed by atoms with E-state index in [4.69, 9.17) is 0 Å². The molecule has 0 aromatic heterocycles. The number of nitrogens with zero attached hydrogens (tertiary/aromatic N) is 4. The standard InChI is InChI=1S/C12H26N4/c1-12(2)14-6-10-16(11-7-14)15-8-4-13(3)5-9-15/h12H,4-11H2,1-3H3. The van der Waals surface area contributed by atoms with E-state index < -0.39 is 0 Å². The summed E-state index contributed by atoms with van der Waals surface area (Å²) in [6.07, 6.45) is 0. The van der Waals surface area contributed by atoms with Crippen molar-refractivity contribution in [1.29, 1.82) is 0 Å². The lowest BCUT2D eigenvalue weighted by Crippen LogP contribution is -2.59. The Hall–Kier alpha value is -0.160. The van der Waals surface area contributed by atoms with E-state index in [1.165, 1.54) is 52.4 Å². The van der Waals surface area contributed by atoms with Crippen molar-refractivity contribution in [3.8, 4) is 0 Å². The van der Waals surface area contributed by atoms with Crippen LogP contribution in [0.5, 0.6) is 0 Å². The van der Waals surface area contributed by atoms with Gasteiger partial charge in [-0.25, -0.2) is 10.0 Å². The second kappa shape index (κ2) is 5.45. The van der Waals surface area contributed by atoms with Crippen molar-refractivity contribution in [2.24, 2.45) is 0 Å². The first-order valence-electron chi connectivity index (χ1n) is 6.59. The highest BCUT2D eigenvalue weighted by atomic mass is 15.6. The topological polar surface area (TPSA) is 13.0 Å². The van der Waals surface area contributed by atoms with Crippen LogP contribution in [-0.2, 0) is 0 Å². The number of hydrazine groups is 1. The predicted octanol–water partition coefficient (Wildman–Crippen LogP) is 0.175. The monoisotopic (exact) mass is 226 g/mol. The molecule has 16 heavy (non-hydrogen) atoms. The molecule has 0 N–H and O–H groups in total. The predicted molar refractivity (Wildman–Crippen MR) is 67.4 cm³/mol. The highest BCUT2D eigenvalue weighted by Gasteiger charge is 2.25. The highest BCUT2D eigenvalue weighted by molar-refractivity contribution is 4.76. The van der Waals surface area contributed by atoms with Crippen LogP contribution in [0.15, 0.2) is 0 Å². The number of hydrogen-bond donors (Lipinski definition) is 0. The smallest absolute Gasteiger partial charge is 0.0261 e. The van der Waals surface area contributed by atoms with Gasteiger partial charge in [0.1, 0.15) is 0 Å². The SMILES string of the molecule is CC(C)N1CCN(N2CCN(C)CC2)CC1. The minimum absolute atomic E-state index is 0.703. The zero-order chi connectivity index (χ0) is 11.5. The molecule has 2 rings (SSSR count). The normalized spacial score (nSPS) is 27.8. The Morgan fingerprint density at radius 3 is 1.56 bits per heavy atom. The van der Waals surface area contributed by atoms with E-state index in [9.17, 15) is 0 Å². The van der Waals surface area contributed by atoms with Crippen molar-refractivity contribution in [3.63, 3.8) is 0 Å². The summed E-state index contributed by atoms with van der Waals surface area (Å²) in [6.45, 7) is 14.3. The molecular formula is C12H26N4. The van der Waals surface area contributed by atoms with Gasteiger partial charge in [-0.15, -0.1) is 0 Å². The Kier molecular flexibility index (Phi) is 4.19. The summed E-state index contributed by atoms with van der Waals surface area (Å²) in [5.74, 6) is 0. The molecule has 94 valence electrons. The Labute approximate surface area is 99.8 Å². The molecule has 2 aliphatic heterocycles. The van der Waals surface area contributed by atoms with Crippen LogP contribution < -0.4 is 0 Å².